The summed E-state index contributed by atoms with van der Waals surface area (Å²) in [5.74, 6) is 0. The Kier molecular flexibility index (Phi) is 6.62. The average Bonchev–Trinajstić information content (AvgIpc) is 3.77. The van der Waals surface area contributed by atoms with Crippen molar-refractivity contribution in [3.8, 4) is 33.4 Å². The van der Waals surface area contributed by atoms with Crippen LogP contribution in [0.4, 0.5) is 0 Å². The van der Waals surface area contributed by atoms with Crippen LogP contribution in [-0.2, 0) is 5.41 Å². The van der Waals surface area contributed by atoms with Crippen LogP contribution in [0.1, 0.15) is 22.3 Å². The van der Waals surface area contributed by atoms with Crippen LogP contribution in [0.2, 0.25) is 0 Å². The molecule has 0 unspecified atom stereocenters. The molecule has 1 heterocycles. The summed E-state index contributed by atoms with van der Waals surface area (Å²) in [6.45, 7) is 0. The largest absolute Gasteiger partial charge is 0.456 e. The monoisotopic (exact) mass is 710 g/mol. The van der Waals surface area contributed by atoms with Gasteiger partial charge in [-0.1, -0.05) is 164 Å². The second-order valence-electron chi connectivity index (χ2n) is 15.2. The molecule has 1 aliphatic rings. The van der Waals surface area contributed by atoms with Crippen molar-refractivity contribution in [1.82, 2.24) is 0 Å². The predicted molar refractivity (Wildman–Crippen MR) is 234 cm³/mol. The zero-order valence-corrected chi connectivity index (χ0v) is 30.5. The SMILES string of the molecule is c1ccc(C2(c3ccccc3)c3cc(-c4cccc5oc6cc7ccccc7cc6c45)ccc3-c3cc4c(-c5ccc6ccccc6c5)cccc4cc32)cc1. The number of fused-ring (bicyclic) bond motifs is 9. The fraction of sp³-hybridized carbons (Fsp3) is 0.0182. The standard InChI is InChI=1S/C55H34O/c1-3-18-42(19-4-1)55(43-20-5-2-6-21-43)50-32-41(45-23-12-24-52-54(45)49-30-37-15-9-10-16-38(37)33-53(49)56-52)27-28-46(50)48-34-47-39(31-51(48)55)17-11-22-44(47)40-26-25-35-13-7-8-14-36(35)29-40/h1-34H. The quantitative estimate of drug-likeness (QED) is 0.177. The average molecular weight is 711 g/mol. The molecule has 0 radical (unpaired) electrons. The minimum Gasteiger partial charge on any atom is -0.456 e. The van der Waals surface area contributed by atoms with Gasteiger partial charge in [-0.15, -0.1) is 0 Å². The molecule has 0 N–H and O–H groups in total. The molecule has 1 heteroatoms. The second kappa shape index (κ2) is 11.9. The van der Waals surface area contributed by atoms with Crippen molar-refractivity contribution in [1.29, 1.82) is 0 Å². The van der Waals surface area contributed by atoms with Crippen molar-refractivity contribution in [3.05, 3.63) is 229 Å². The number of rotatable bonds is 4. The van der Waals surface area contributed by atoms with Gasteiger partial charge in [0.1, 0.15) is 11.2 Å². The van der Waals surface area contributed by atoms with E-state index in [1.165, 1.54) is 88.0 Å². The van der Waals surface area contributed by atoms with Crippen LogP contribution in [0, 0.1) is 0 Å². The smallest absolute Gasteiger partial charge is 0.136 e. The summed E-state index contributed by atoms with van der Waals surface area (Å²) in [5, 5.41) is 9.69. The van der Waals surface area contributed by atoms with Crippen molar-refractivity contribution < 1.29 is 4.42 Å². The fourth-order valence-electron chi connectivity index (χ4n) is 9.79. The van der Waals surface area contributed by atoms with Crippen LogP contribution in [0.3, 0.4) is 0 Å². The highest BCUT2D eigenvalue weighted by Gasteiger charge is 2.46. The summed E-state index contributed by atoms with van der Waals surface area (Å²) in [4.78, 5) is 0. The van der Waals surface area contributed by atoms with Gasteiger partial charge in [-0.05, 0) is 130 Å². The Morgan fingerprint density at radius 2 is 0.893 bits per heavy atom. The highest BCUT2D eigenvalue weighted by Crippen LogP contribution is 2.58. The molecule has 0 saturated carbocycles. The first kappa shape index (κ1) is 31.2. The van der Waals surface area contributed by atoms with Gasteiger partial charge >= 0.3 is 0 Å². The van der Waals surface area contributed by atoms with E-state index in [4.69, 9.17) is 4.42 Å². The van der Waals surface area contributed by atoms with E-state index in [9.17, 15) is 0 Å². The Labute approximate surface area is 324 Å². The van der Waals surface area contributed by atoms with Crippen LogP contribution in [0.15, 0.2) is 211 Å². The Morgan fingerprint density at radius 1 is 0.304 bits per heavy atom. The number of benzene rings is 10. The molecule has 11 aromatic rings. The van der Waals surface area contributed by atoms with E-state index in [1.807, 2.05) is 0 Å². The summed E-state index contributed by atoms with van der Waals surface area (Å²) in [7, 11) is 0. The highest BCUT2D eigenvalue weighted by molar-refractivity contribution is 6.16. The van der Waals surface area contributed by atoms with Gasteiger partial charge in [0.25, 0.3) is 0 Å². The Bertz CT molecular complexity index is 3310. The van der Waals surface area contributed by atoms with E-state index in [-0.39, 0.29) is 0 Å². The summed E-state index contributed by atoms with van der Waals surface area (Å²) in [6, 6.07) is 76.1. The minimum atomic E-state index is -0.543. The van der Waals surface area contributed by atoms with E-state index in [1.54, 1.807) is 0 Å². The summed E-state index contributed by atoms with van der Waals surface area (Å²) in [6.07, 6.45) is 0. The van der Waals surface area contributed by atoms with Crippen LogP contribution in [0.25, 0.3) is 87.6 Å². The molecule has 0 spiro atoms. The maximum atomic E-state index is 6.56. The third-order valence-electron chi connectivity index (χ3n) is 12.3. The molecular formula is C55H34O. The first-order chi connectivity index (χ1) is 27.7. The van der Waals surface area contributed by atoms with E-state index in [2.05, 4.69) is 206 Å². The third kappa shape index (κ3) is 4.43. The summed E-state index contributed by atoms with van der Waals surface area (Å²) < 4.78 is 6.56. The molecule has 0 fully saturated rings. The van der Waals surface area contributed by atoms with E-state index in [0.717, 1.165) is 21.9 Å². The van der Waals surface area contributed by atoms with Gasteiger partial charge in [0.2, 0.25) is 0 Å². The summed E-state index contributed by atoms with van der Waals surface area (Å²) >= 11 is 0. The lowest BCUT2D eigenvalue weighted by Crippen LogP contribution is -2.28. The first-order valence-electron chi connectivity index (χ1n) is 19.4. The van der Waals surface area contributed by atoms with Crippen molar-refractivity contribution >= 4 is 54.3 Å². The molecule has 0 amide bonds. The van der Waals surface area contributed by atoms with Crippen LogP contribution >= 0.6 is 0 Å². The second-order valence-corrected chi connectivity index (χ2v) is 15.2. The zero-order chi connectivity index (χ0) is 36.8. The molecule has 10 aromatic carbocycles. The van der Waals surface area contributed by atoms with Gasteiger partial charge in [0.15, 0.2) is 0 Å². The Morgan fingerprint density at radius 3 is 1.66 bits per heavy atom. The van der Waals surface area contributed by atoms with Crippen molar-refractivity contribution in [2.24, 2.45) is 0 Å². The minimum absolute atomic E-state index is 0.543. The van der Waals surface area contributed by atoms with Crippen LogP contribution < -0.4 is 0 Å². The van der Waals surface area contributed by atoms with Gasteiger partial charge in [-0.25, -0.2) is 0 Å². The van der Waals surface area contributed by atoms with Gasteiger partial charge in [-0.3, -0.25) is 0 Å². The molecule has 0 atom stereocenters. The van der Waals surface area contributed by atoms with Crippen LogP contribution in [0.5, 0.6) is 0 Å². The maximum Gasteiger partial charge on any atom is 0.136 e. The topological polar surface area (TPSA) is 13.1 Å². The molecule has 12 rings (SSSR count). The number of furan rings is 1. The van der Waals surface area contributed by atoms with E-state index >= 15 is 0 Å². The molecule has 1 aliphatic carbocycles. The van der Waals surface area contributed by atoms with Gasteiger partial charge in [0.05, 0.1) is 5.41 Å². The Hall–Kier alpha value is -7.22. The lowest BCUT2D eigenvalue weighted by molar-refractivity contribution is 0.669. The summed E-state index contributed by atoms with van der Waals surface area (Å²) in [5.41, 5.74) is 13.8. The lowest BCUT2D eigenvalue weighted by atomic mass is 9.67. The lowest BCUT2D eigenvalue weighted by Gasteiger charge is -2.34. The van der Waals surface area contributed by atoms with Crippen molar-refractivity contribution in [2.75, 3.05) is 0 Å². The highest BCUT2D eigenvalue weighted by atomic mass is 16.3. The zero-order valence-electron chi connectivity index (χ0n) is 30.5. The van der Waals surface area contributed by atoms with E-state index in [0.29, 0.717) is 0 Å². The van der Waals surface area contributed by atoms with E-state index < -0.39 is 5.41 Å². The fourth-order valence-corrected chi connectivity index (χ4v) is 9.79. The normalized spacial score (nSPS) is 13.1. The molecular weight excluding hydrogens is 677 g/mol. The maximum absolute atomic E-state index is 6.56. The molecule has 0 saturated heterocycles. The van der Waals surface area contributed by atoms with Gasteiger partial charge in [-0.2, -0.15) is 0 Å². The third-order valence-corrected chi connectivity index (χ3v) is 12.3. The predicted octanol–water partition coefficient (Wildman–Crippen LogP) is 14.7. The molecule has 0 bridgehead atoms. The molecule has 0 aliphatic heterocycles. The van der Waals surface area contributed by atoms with Gasteiger partial charge in [0, 0.05) is 10.8 Å². The molecule has 260 valence electrons. The number of hydrogen-bond donors (Lipinski definition) is 0. The molecule has 1 aromatic heterocycles. The van der Waals surface area contributed by atoms with Crippen molar-refractivity contribution in [3.63, 3.8) is 0 Å². The van der Waals surface area contributed by atoms with Crippen LogP contribution in [-0.4, -0.2) is 0 Å². The van der Waals surface area contributed by atoms with Gasteiger partial charge < -0.3 is 4.42 Å². The van der Waals surface area contributed by atoms with Crippen molar-refractivity contribution in [2.45, 2.75) is 5.41 Å². The molecule has 56 heavy (non-hydrogen) atoms. The Balaban J connectivity index is 1.15. The number of hydrogen-bond acceptors (Lipinski definition) is 1. The first-order valence-corrected chi connectivity index (χ1v) is 19.4. The molecule has 1 nitrogen and oxygen atoms in total.